The predicted octanol–water partition coefficient (Wildman–Crippen LogP) is 7.64. The number of amides is 4. The van der Waals surface area contributed by atoms with E-state index in [1.54, 1.807) is 19.9 Å². The number of halogens is 4. The zero-order chi connectivity index (χ0) is 56.6. The number of aliphatic imine (C=N–C) groups is 2. The number of carbonyl (C=O) groups is 5. The van der Waals surface area contributed by atoms with E-state index in [2.05, 4.69) is 61.3 Å². The molecule has 0 spiro atoms. The second-order valence-electron chi connectivity index (χ2n) is 11.6. The quantitative estimate of drug-likeness (QED) is 0.0818. The minimum Gasteiger partial charge on any atom is -0.450 e. The number of nitrogens with zero attached hydrogens (tertiary/aromatic N) is 5. The molecule has 1 aliphatic rings. The number of ketones is 1. The molecule has 1 aliphatic heterocycles. The van der Waals surface area contributed by atoms with Crippen LogP contribution in [0.15, 0.2) is 65.7 Å². The maximum Gasteiger partial charge on any atom is 0.414 e. The molecule has 23 heteroatoms. The van der Waals surface area contributed by atoms with E-state index in [0.29, 0.717) is 20.2 Å². The summed E-state index contributed by atoms with van der Waals surface area (Å²) >= 11 is 18.8. The van der Waals surface area contributed by atoms with Gasteiger partial charge < -0.3 is 29.5 Å². The molecule has 0 radical (unpaired) electrons. The van der Waals surface area contributed by atoms with E-state index in [9.17, 15) is 28.8 Å². The van der Waals surface area contributed by atoms with Gasteiger partial charge >= 0.3 is 18.1 Å². The van der Waals surface area contributed by atoms with Gasteiger partial charge in [-0.1, -0.05) is 50.7 Å². The van der Waals surface area contributed by atoms with Crippen LogP contribution < -0.4 is 31.4 Å². The summed E-state index contributed by atoms with van der Waals surface area (Å²) in [5.74, 6) is -6.37. The third-order valence-corrected chi connectivity index (χ3v) is 8.56. The largest absolute Gasteiger partial charge is 0.450 e. The monoisotopic (exact) mass is 1050 g/mol. The van der Waals surface area contributed by atoms with Crippen LogP contribution in [0.25, 0.3) is 4.85 Å². The molecule has 0 fully saturated rings. The van der Waals surface area contributed by atoms with Crippen LogP contribution in [0.2, 0.25) is 10.0 Å². The van der Waals surface area contributed by atoms with E-state index in [-0.39, 0.29) is 65.9 Å². The van der Waals surface area contributed by atoms with E-state index in [4.69, 9.17) is 65.3 Å². The molecule has 4 rings (SSSR count). The number of H-pyrrole nitrogens is 1. The average molecular weight is 1050 g/mol. The Balaban J connectivity index is 0.000000432. The molecular weight excluding hydrogens is 997 g/mol. The van der Waals surface area contributed by atoms with Crippen molar-refractivity contribution in [2.24, 2.45) is 15.9 Å². The summed E-state index contributed by atoms with van der Waals surface area (Å²) in [6.45, 7) is 1.55. The highest BCUT2D eigenvalue weighted by Gasteiger charge is 2.22. The molecule has 2 heterocycles. The van der Waals surface area contributed by atoms with Crippen molar-refractivity contribution >= 4 is 102 Å². The van der Waals surface area contributed by atoms with Crippen LogP contribution in [-0.2, 0) is 30.4 Å². The lowest BCUT2D eigenvalue weighted by Gasteiger charge is -2.17. The molecular formula is C40H41Br2Cl2N9O10. The second kappa shape index (κ2) is 26.4. The van der Waals surface area contributed by atoms with Crippen molar-refractivity contribution < 1.29 is 58.0 Å². The Labute approximate surface area is 403 Å². The molecule has 63 heavy (non-hydrogen) atoms. The number of imide groups is 2. The normalized spacial score (nSPS) is 15.6. The molecule has 0 saturated heterocycles. The third kappa shape index (κ3) is 17.6. The number of alkyl carbamates (subject to hydrolysis) is 2. The van der Waals surface area contributed by atoms with Crippen molar-refractivity contribution in [3.63, 3.8) is 0 Å². The summed E-state index contributed by atoms with van der Waals surface area (Å²) < 4.78 is 105. The number of anilines is 1. The minimum absolute atomic E-state index is 0.00387. The van der Waals surface area contributed by atoms with Crippen molar-refractivity contribution in [3.8, 4) is 23.4 Å². The number of benzene rings is 2. The van der Waals surface area contributed by atoms with Crippen LogP contribution in [0.3, 0.4) is 0 Å². The Morgan fingerprint density at radius 1 is 1.03 bits per heavy atom. The minimum atomic E-state index is -3.06. The first-order chi connectivity index (χ1) is 34.2. The average Bonchev–Trinajstić information content (AvgIpc) is 3.25. The van der Waals surface area contributed by atoms with Crippen molar-refractivity contribution in [2.75, 3.05) is 32.0 Å². The highest BCUT2D eigenvalue weighted by Crippen LogP contribution is 2.38. The number of nitriles is 1. The van der Waals surface area contributed by atoms with Gasteiger partial charge in [-0.15, -0.1) is 5.10 Å². The van der Waals surface area contributed by atoms with Gasteiger partial charge in [0, 0.05) is 41.3 Å². The number of nitrogens with one attached hydrogen (secondary N) is 3. The van der Waals surface area contributed by atoms with Gasteiger partial charge in [0.1, 0.15) is 12.6 Å². The van der Waals surface area contributed by atoms with Gasteiger partial charge in [-0.05, 0) is 87.4 Å². The summed E-state index contributed by atoms with van der Waals surface area (Å²) in [7, 11) is 0. The maximum absolute atomic E-state index is 12.2. The molecule has 0 bridgehead atoms. The van der Waals surface area contributed by atoms with E-state index in [0.717, 1.165) is 0 Å². The Kier molecular flexibility index (Phi) is 15.7. The van der Waals surface area contributed by atoms with Crippen LogP contribution >= 0.6 is 55.1 Å². The van der Waals surface area contributed by atoms with Gasteiger partial charge in [-0.3, -0.25) is 34.8 Å². The first-order valence-electron chi connectivity index (χ1n) is 22.9. The van der Waals surface area contributed by atoms with Crippen LogP contribution in [0.4, 0.5) is 15.3 Å². The van der Waals surface area contributed by atoms with Gasteiger partial charge in [0.05, 0.1) is 41.5 Å². The number of ether oxygens (including phenoxy) is 4. The molecule has 4 amide bonds. The summed E-state index contributed by atoms with van der Waals surface area (Å²) in [5.41, 5.74) is 3.77. The Morgan fingerprint density at radius 2 is 1.65 bits per heavy atom. The lowest BCUT2D eigenvalue weighted by molar-refractivity contribution is -0.118. The number of aromatic nitrogens is 2. The Bertz CT molecular complexity index is 2830. The molecule has 1 aromatic heterocycles. The molecule has 3 aromatic rings. The summed E-state index contributed by atoms with van der Waals surface area (Å²) in [6.07, 6.45) is -1.81. The molecule has 0 saturated carbocycles. The fraction of sp³-hybridized carbons (Fsp3) is 0.325. The number of nitrogen functional groups attached to an aromatic ring is 1. The zero-order valence-electron chi connectivity index (χ0n) is 43.9. The zero-order valence-corrected chi connectivity index (χ0v) is 37.6. The van der Waals surface area contributed by atoms with Gasteiger partial charge in [0.15, 0.2) is 17.3 Å². The predicted molar refractivity (Wildman–Crippen MR) is 241 cm³/mol. The highest BCUT2D eigenvalue weighted by atomic mass is 79.9. The van der Waals surface area contributed by atoms with Gasteiger partial charge in [-0.25, -0.2) is 26.3 Å². The van der Waals surface area contributed by atoms with Gasteiger partial charge in [0.2, 0.25) is 17.5 Å². The number of aromatic amines is 1. The smallest absolute Gasteiger partial charge is 0.414 e. The number of nitrogens with two attached hydrogens (primary N) is 1. The number of rotatable bonds is 11. The molecule has 5 N–H and O–H groups in total. The van der Waals surface area contributed by atoms with Crippen LogP contribution in [0.5, 0.6) is 17.4 Å². The Morgan fingerprint density at radius 3 is 2.24 bits per heavy atom. The molecule has 2 aromatic carbocycles. The van der Waals surface area contributed by atoms with Crippen LogP contribution in [0.1, 0.15) is 73.5 Å². The summed E-state index contributed by atoms with van der Waals surface area (Å²) in [5, 5.41) is 18.5. The van der Waals surface area contributed by atoms with Crippen molar-refractivity contribution in [1.82, 2.24) is 20.8 Å². The highest BCUT2D eigenvalue weighted by molar-refractivity contribution is 9.11. The number of hydrogen-bond donors (Lipinski definition) is 4. The fourth-order valence-corrected chi connectivity index (χ4v) is 6.11. The third-order valence-electron chi connectivity index (χ3n) is 6.82. The van der Waals surface area contributed by atoms with E-state index in [1.807, 2.05) is 15.7 Å². The standard InChI is InChI=1S/C21H20BrClN4O5.C13H13BrClN3O2.C6H8N2O3/c1-4-31-21(30)27-20(29)16(8-24)25-9-12-5-14(22)19(15(23)6-12)32-18-7-13(11(2)3)17(28)10-26-18;1-6(2)8-5-11(17-18-13(8)19)20-12-9(14)3-7(16)4-10(12)15;1-3-11-6(10)8-5(9)4-7-2/h5-7,11H,4,9-10H2,1-3H3,(H,27,29,30);3-6H,16H2,1-2H3,(H,18,19);3-4H2,1H3,(H,8,9,10)/i2D3,7D;1D3,2D3,5D;. The summed E-state index contributed by atoms with van der Waals surface area (Å²) in [4.78, 5) is 79.3. The fourth-order valence-electron chi connectivity index (χ4n) is 4.19. The van der Waals surface area contributed by atoms with E-state index < -0.39 is 97.0 Å². The molecule has 0 aliphatic carbocycles. The van der Waals surface area contributed by atoms with Crippen molar-refractivity contribution in [3.05, 3.63) is 93.8 Å². The first kappa shape index (κ1) is 37.4. The van der Waals surface area contributed by atoms with Gasteiger partial charge in [-0.2, -0.15) is 5.26 Å². The number of carbonyl (C=O) groups excluding carboxylic acids is 5. The first-order valence-corrected chi connectivity index (χ1v) is 19.8. The second-order valence-corrected chi connectivity index (χ2v) is 14.1. The molecule has 19 nitrogen and oxygen atoms in total. The maximum atomic E-state index is 12.2. The molecule has 1 unspecified atom stereocenters. The Hall–Kier alpha value is -6.13. The van der Waals surface area contributed by atoms with E-state index in [1.165, 1.54) is 31.2 Å². The molecule has 334 valence electrons. The number of Topliss-reactive ketones (excluding diaryl/α,β-unsaturated/α-hetero) is 1. The number of dihydropyridines is 1. The molecule has 1 atom stereocenters. The topological polar surface area (TPSA) is 271 Å². The lowest BCUT2D eigenvalue weighted by Crippen LogP contribution is -2.36. The lowest BCUT2D eigenvalue weighted by atomic mass is 9.97. The van der Waals surface area contributed by atoms with Crippen molar-refractivity contribution in [1.29, 1.82) is 5.26 Å². The van der Waals surface area contributed by atoms with Gasteiger partial charge in [0.25, 0.3) is 18.0 Å². The van der Waals surface area contributed by atoms with Crippen LogP contribution in [-0.4, -0.2) is 77.9 Å². The summed E-state index contributed by atoms with van der Waals surface area (Å²) in [6, 6.07) is 6.17. The van der Waals surface area contributed by atoms with E-state index >= 15 is 0 Å². The number of hydrogen-bond acceptors (Lipinski definition) is 15. The van der Waals surface area contributed by atoms with Crippen LogP contribution in [0, 0.1) is 23.8 Å². The SMILES string of the molecule is [2H]C1=C(C(C)C([2H])([2H])[2H])C(=O)CN=C1Oc1c(Cl)cc(CN=C(C#N)C(=O)NC(=O)OCC)cc1Br.[2H]c1c(Oc2c(Cl)cc(N)cc2Br)n[nH]c(=O)c1C(C([2H])([2H])[2H])C([2H])([2H])[2H].[C-]#[N+]CC(=O)NC(=O)OCC. The van der Waals surface area contributed by atoms with Crippen molar-refractivity contribution in [2.45, 2.75) is 53.8 Å².